The highest BCUT2D eigenvalue weighted by Gasteiger charge is 2.08. The highest BCUT2D eigenvalue weighted by Crippen LogP contribution is 2.15. The standard InChI is InChI=1S/C12H17N5OS2/c1-8(2)17-5-10(4-13-17)14-12(18)7-19-6-11-9(3)15-20-16-11/h4-5,8H,6-7H2,1-3H3,(H,14,18). The van der Waals surface area contributed by atoms with E-state index in [0.717, 1.165) is 17.1 Å². The molecule has 8 heteroatoms. The van der Waals surface area contributed by atoms with E-state index in [9.17, 15) is 4.79 Å². The van der Waals surface area contributed by atoms with Gasteiger partial charge in [-0.15, -0.1) is 11.8 Å². The van der Waals surface area contributed by atoms with Crippen LogP contribution in [-0.4, -0.2) is 30.2 Å². The number of carbonyl (C=O) groups is 1. The zero-order valence-corrected chi connectivity index (χ0v) is 13.3. The maximum Gasteiger partial charge on any atom is 0.234 e. The van der Waals surface area contributed by atoms with Gasteiger partial charge in [0.25, 0.3) is 0 Å². The molecule has 0 saturated carbocycles. The Morgan fingerprint density at radius 1 is 1.50 bits per heavy atom. The molecule has 0 aromatic carbocycles. The molecule has 20 heavy (non-hydrogen) atoms. The first-order valence-corrected chi connectivity index (χ1v) is 8.14. The summed E-state index contributed by atoms with van der Waals surface area (Å²) in [6.45, 7) is 6.01. The number of anilines is 1. The van der Waals surface area contributed by atoms with Crippen LogP contribution in [0.1, 0.15) is 31.3 Å². The first-order chi connectivity index (χ1) is 9.56. The summed E-state index contributed by atoms with van der Waals surface area (Å²) >= 11 is 2.74. The molecule has 0 spiro atoms. The number of nitrogens with zero attached hydrogens (tertiary/aromatic N) is 4. The number of nitrogens with one attached hydrogen (secondary N) is 1. The molecular weight excluding hydrogens is 294 g/mol. The SMILES string of the molecule is Cc1nsnc1CSCC(=O)Nc1cnn(C(C)C)c1. The van der Waals surface area contributed by atoms with E-state index in [1.54, 1.807) is 6.20 Å². The Bertz CT molecular complexity index is 578. The number of aryl methyl sites for hydroxylation is 1. The van der Waals surface area contributed by atoms with Crippen LogP contribution in [0.4, 0.5) is 5.69 Å². The lowest BCUT2D eigenvalue weighted by atomic mass is 10.4. The second kappa shape index (κ2) is 6.85. The lowest BCUT2D eigenvalue weighted by Gasteiger charge is -2.04. The van der Waals surface area contributed by atoms with Crippen molar-refractivity contribution in [3.63, 3.8) is 0 Å². The molecule has 2 aromatic heterocycles. The summed E-state index contributed by atoms with van der Waals surface area (Å²) in [5.41, 5.74) is 2.64. The second-order valence-corrected chi connectivity index (χ2v) is 6.15. The van der Waals surface area contributed by atoms with Crippen LogP contribution in [0.5, 0.6) is 0 Å². The van der Waals surface area contributed by atoms with Crippen molar-refractivity contribution < 1.29 is 4.79 Å². The predicted octanol–water partition coefficient (Wildman–Crippen LogP) is 2.50. The molecule has 6 nitrogen and oxygen atoms in total. The van der Waals surface area contributed by atoms with Crippen molar-refractivity contribution in [1.29, 1.82) is 0 Å². The van der Waals surface area contributed by atoms with E-state index in [2.05, 4.69) is 19.2 Å². The molecule has 0 aliphatic carbocycles. The molecule has 1 N–H and O–H groups in total. The van der Waals surface area contributed by atoms with Crippen LogP contribution in [0.3, 0.4) is 0 Å². The summed E-state index contributed by atoms with van der Waals surface area (Å²) in [5, 5.41) is 7.01. The van der Waals surface area contributed by atoms with Gasteiger partial charge in [0.2, 0.25) is 5.91 Å². The van der Waals surface area contributed by atoms with Crippen LogP contribution in [0.15, 0.2) is 12.4 Å². The van der Waals surface area contributed by atoms with E-state index in [1.807, 2.05) is 31.6 Å². The summed E-state index contributed by atoms with van der Waals surface area (Å²) in [5.74, 6) is 1.07. The Kier molecular flexibility index (Phi) is 5.13. The van der Waals surface area contributed by atoms with Gasteiger partial charge in [0.05, 0.1) is 40.8 Å². The molecule has 2 rings (SSSR count). The Morgan fingerprint density at radius 2 is 2.30 bits per heavy atom. The van der Waals surface area contributed by atoms with Crippen molar-refractivity contribution in [2.24, 2.45) is 0 Å². The van der Waals surface area contributed by atoms with Gasteiger partial charge in [-0.2, -0.15) is 13.8 Å². The summed E-state index contributed by atoms with van der Waals surface area (Å²) in [6, 6.07) is 0.287. The molecule has 0 aliphatic heterocycles. The summed E-state index contributed by atoms with van der Waals surface area (Å²) in [7, 11) is 0. The Morgan fingerprint density at radius 3 is 2.90 bits per heavy atom. The molecule has 108 valence electrons. The topological polar surface area (TPSA) is 72.7 Å². The number of rotatable bonds is 6. The van der Waals surface area contributed by atoms with Crippen molar-refractivity contribution in [3.8, 4) is 0 Å². The summed E-state index contributed by atoms with van der Waals surface area (Å²) in [6.07, 6.45) is 3.50. The van der Waals surface area contributed by atoms with Crippen molar-refractivity contribution in [3.05, 3.63) is 23.8 Å². The highest BCUT2D eigenvalue weighted by atomic mass is 32.2. The van der Waals surface area contributed by atoms with Crippen molar-refractivity contribution >= 4 is 35.1 Å². The van der Waals surface area contributed by atoms with E-state index in [4.69, 9.17) is 0 Å². The minimum atomic E-state index is -0.0286. The normalized spacial score (nSPS) is 11.0. The number of carbonyl (C=O) groups excluding carboxylic acids is 1. The van der Waals surface area contributed by atoms with Crippen molar-refractivity contribution in [1.82, 2.24) is 18.5 Å². The van der Waals surface area contributed by atoms with Crippen LogP contribution in [0.25, 0.3) is 0 Å². The molecular formula is C12H17N5OS2. The molecule has 0 fully saturated rings. The number of aromatic nitrogens is 4. The highest BCUT2D eigenvalue weighted by molar-refractivity contribution is 7.99. The van der Waals surface area contributed by atoms with E-state index in [1.165, 1.54) is 23.5 Å². The fourth-order valence-corrected chi connectivity index (χ4v) is 2.97. The van der Waals surface area contributed by atoms with Gasteiger partial charge in [-0.3, -0.25) is 9.48 Å². The van der Waals surface area contributed by atoms with Gasteiger partial charge >= 0.3 is 0 Å². The van der Waals surface area contributed by atoms with E-state index in [-0.39, 0.29) is 11.9 Å². The van der Waals surface area contributed by atoms with Gasteiger partial charge < -0.3 is 5.32 Å². The van der Waals surface area contributed by atoms with E-state index in [0.29, 0.717) is 11.5 Å². The molecule has 2 aromatic rings. The molecule has 0 radical (unpaired) electrons. The average molecular weight is 311 g/mol. The van der Waals surface area contributed by atoms with Crippen molar-refractivity contribution in [2.75, 3.05) is 11.1 Å². The summed E-state index contributed by atoms with van der Waals surface area (Å²) < 4.78 is 10.1. The molecule has 0 aliphatic rings. The minimum absolute atomic E-state index is 0.0286. The number of amides is 1. The monoisotopic (exact) mass is 311 g/mol. The zero-order valence-electron chi connectivity index (χ0n) is 11.7. The second-order valence-electron chi connectivity index (χ2n) is 4.64. The lowest BCUT2D eigenvalue weighted by molar-refractivity contribution is -0.113. The number of hydrogen-bond donors (Lipinski definition) is 1. The first-order valence-electron chi connectivity index (χ1n) is 6.26. The molecule has 0 saturated heterocycles. The molecule has 2 heterocycles. The third-order valence-electron chi connectivity index (χ3n) is 2.63. The maximum absolute atomic E-state index is 11.8. The fourth-order valence-electron chi connectivity index (χ4n) is 1.50. The largest absolute Gasteiger partial charge is 0.323 e. The van der Waals surface area contributed by atoms with E-state index >= 15 is 0 Å². The Hall–Kier alpha value is -1.41. The van der Waals surface area contributed by atoms with Gasteiger partial charge in [0.15, 0.2) is 0 Å². The van der Waals surface area contributed by atoms with Gasteiger partial charge in [0.1, 0.15) is 0 Å². The first kappa shape index (κ1) is 15.0. The average Bonchev–Trinajstić information content (AvgIpc) is 2.99. The molecule has 0 atom stereocenters. The maximum atomic E-state index is 11.8. The zero-order chi connectivity index (χ0) is 14.5. The third kappa shape index (κ3) is 4.04. The minimum Gasteiger partial charge on any atom is -0.323 e. The van der Waals surface area contributed by atoms with Gasteiger partial charge in [0, 0.05) is 18.0 Å². The van der Waals surface area contributed by atoms with Crippen LogP contribution in [0.2, 0.25) is 0 Å². The lowest BCUT2D eigenvalue weighted by Crippen LogP contribution is -2.13. The molecule has 0 bridgehead atoms. The van der Waals surface area contributed by atoms with Crippen molar-refractivity contribution in [2.45, 2.75) is 32.6 Å². The predicted molar refractivity (Wildman–Crippen MR) is 82.0 cm³/mol. The quantitative estimate of drug-likeness (QED) is 0.887. The van der Waals surface area contributed by atoms with Crippen LogP contribution < -0.4 is 5.32 Å². The van der Waals surface area contributed by atoms with E-state index < -0.39 is 0 Å². The number of hydrogen-bond acceptors (Lipinski definition) is 6. The molecule has 0 unspecified atom stereocenters. The van der Waals surface area contributed by atoms with Gasteiger partial charge in [-0.05, 0) is 20.8 Å². The number of thioether (sulfide) groups is 1. The molecule has 1 amide bonds. The fraction of sp³-hybridized carbons (Fsp3) is 0.500. The smallest absolute Gasteiger partial charge is 0.234 e. The Labute approximate surface area is 126 Å². The Balaban J connectivity index is 1.76. The van der Waals surface area contributed by atoms with Gasteiger partial charge in [-0.1, -0.05) is 0 Å². The third-order valence-corrected chi connectivity index (χ3v) is 4.23. The van der Waals surface area contributed by atoms with Gasteiger partial charge in [-0.25, -0.2) is 0 Å². The van der Waals surface area contributed by atoms with Crippen LogP contribution >= 0.6 is 23.5 Å². The summed E-state index contributed by atoms with van der Waals surface area (Å²) in [4.78, 5) is 11.8. The van der Waals surface area contributed by atoms with Crippen LogP contribution in [-0.2, 0) is 10.5 Å². The van der Waals surface area contributed by atoms with Crippen LogP contribution in [0, 0.1) is 6.92 Å².